The number of hydrogen-bond donors (Lipinski definition) is 1. The Labute approximate surface area is 133 Å². The first-order chi connectivity index (χ1) is 8.93. The van der Waals surface area contributed by atoms with Gasteiger partial charge in [0.25, 0.3) is 0 Å². The number of hydrogen-bond acceptors (Lipinski definition) is 4. The fourth-order valence-electron chi connectivity index (χ4n) is 0.959. The average Bonchev–Trinajstić information content (AvgIpc) is 2.98. The number of rotatable bonds is 3. The van der Waals surface area contributed by atoms with Crippen LogP contribution in [0.2, 0.25) is 0 Å². The van der Waals surface area contributed by atoms with Gasteiger partial charge in [-0.05, 0) is 56.1 Å². The lowest BCUT2D eigenvalue weighted by atomic mass is 10.3. The molecule has 0 bridgehead atoms. The second kappa shape index (κ2) is 7.66. The lowest BCUT2D eigenvalue weighted by Gasteiger charge is -1.86. The van der Waals surface area contributed by atoms with E-state index in [0.29, 0.717) is 20.4 Å². The Balaban J connectivity index is 0.000000191. The molecular formula is C11H7Br3O5. The zero-order valence-electron chi connectivity index (χ0n) is 9.23. The molecule has 8 heteroatoms. The van der Waals surface area contributed by atoms with E-state index in [9.17, 15) is 9.59 Å². The van der Waals surface area contributed by atoms with Crippen LogP contribution < -0.4 is 0 Å². The van der Waals surface area contributed by atoms with Gasteiger partial charge in [0.15, 0.2) is 15.1 Å². The summed E-state index contributed by atoms with van der Waals surface area (Å²) in [7, 11) is 0. The molecule has 0 aliphatic carbocycles. The predicted octanol–water partition coefficient (Wildman–Crippen LogP) is 4.36. The predicted molar refractivity (Wildman–Crippen MR) is 77.9 cm³/mol. The van der Waals surface area contributed by atoms with Crippen LogP contribution in [0.4, 0.5) is 0 Å². The molecule has 1 N–H and O–H groups in total. The van der Waals surface area contributed by atoms with Crippen molar-refractivity contribution in [3.63, 3.8) is 0 Å². The van der Waals surface area contributed by atoms with Crippen LogP contribution in [0.3, 0.4) is 0 Å². The van der Waals surface area contributed by atoms with E-state index >= 15 is 0 Å². The molecule has 0 aliphatic heterocycles. The minimum Gasteiger partial charge on any atom is -0.475 e. The summed E-state index contributed by atoms with van der Waals surface area (Å²) in [5.41, 5.74) is 0. The molecule has 5 nitrogen and oxygen atoms in total. The summed E-state index contributed by atoms with van der Waals surface area (Å²) in [6.45, 7) is 0. The Hall–Kier alpha value is -0.860. The first kappa shape index (κ1) is 16.2. The van der Waals surface area contributed by atoms with Crippen LogP contribution in [0.1, 0.15) is 21.1 Å². The van der Waals surface area contributed by atoms with Crippen LogP contribution in [-0.2, 0) is 0 Å². The van der Waals surface area contributed by atoms with Crippen molar-refractivity contribution in [1.82, 2.24) is 0 Å². The summed E-state index contributed by atoms with van der Waals surface area (Å²) >= 11 is 9.10. The van der Waals surface area contributed by atoms with Crippen molar-refractivity contribution in [2.24, 2.45) is 0 Å². The Morgan fingerprint density at radius 1 is 1.00 bits per heavy atom. The van der Waals surface area contributed by atoms with Crippen LogP contribution in [0.5, 0.6) is 0 Å². The first-order valence-corrected chi connectivity index (χ1v) is 7.48. The summed E-state index contributed by atoms with van der Waals surface area (Å²) in [5, 5.41) is 8.58. The molecule has 0 saturated carbocycles. The molecule has 102 valence electrons. The fourth-order valence-corrected chi connectivity index (χ4v) is 1.85. The molecule has 0 unspecified atom stereocenters. The number of furan rings is 2. The molecule has 0 atom stereocenters. The van der Waals surface area contributed by atoms with Crippen molar-refractivity contribution in [3.05, 3.63) is 45.1 Å². The quantitative estimate of drug-likeness (QED) is 0.546. The van der Waals surface area contributed by atoms with Gasteiger partial charge in [0.05, 0.1) is 5.33 Å². The van der Waals surface area contributed by atoms with Gasteiger partial charge in [-0.3, -0.25) is 4.79 Å². The molecule has 19 heavy (non-hydrogen) atoms. The topological polar surface area (TPSA) is 80.7 Å². The van der Waals surface area contributed by atoms with E-state index < -0.39 is 5.97 Å². The van der Waals surface area contributed by atoms with Crippen molar-refractivity contribution in [1.29, 1.82) is 0 Å². The number of ketones is 1. The SMILES string of the molecule is O=C(CBr)c1ccc(Br)o1.O=C(O)c1ccc(Br)o1. The summed E-state index contributed by atoms with van der Waals surface area (Å²) in [6, 6.07) is 6.24. The second-order valence-corrected chi connectivity index (χ2v) is 5.19. The standard InChI is InChI=1S/C6H4Br2O2.C5H3BrO3/c7-3-4(9)5-1-2-6(8)10-5;6-4-2-1-3(9-4)5(7)8/h1-2H,3H2;1-2H,(H,7,8). The Kier molecular flexibility index (Phi) is 6.53. The molecule has 0 radical (unpaired) electrons. The zero-order valence-corrected chi connectivity index (χ0v) is 14.0. The van der Waals surface area contributed by atoms with Gasteiger partial charge in [0, 0.05) is 0 Å². The fraction of sp³-hybridized carbons (Fsp3) is 0.0909. The normalized spacial score (nSPS) is 9.63. The van der Waals surface area contributed by atoms with Crippen molar-refractivity contribution >= 4 is 59.5 Å². The third-order valence-corrected chi connectivity index (χ3v) is 3.12. The number of aromatic carboxylic acids is 1. The minimum absolute atomic E-state index is 0.0503. The van der Waals surface area contributed by atoms with E-state index in [0.717, 1.165) is 0 Å². The number of halogens is 3. The average molecular weight is 459 g/mol. The molecular weight excluding hydrogens is 452 g/mol. The van der Waals surface area contributed by atoms with Crippen LogP contribution in [-0.4, -0.2) is 22.2 Å². The number of alkyl halides is 1. The Morgan fingerprint density at radius 3 is 1.74 bits per heavy atom. The number of carboxylic acids is 1. The van der Waals surface area contributed by atoms with E-state index in [1.807, 2.05) is 0 Å². The van der Waals surface area contributed by atoms with Gasteiger partial charge in [0.2, 0.25) is 11.5 Å². The Bertz CT molecular complexity index is 572. The highest BCUT2D eigenvalue weighted by molar-refractivity contribution is 9.10. The first-order valence-electron chi connectivity index (χ1n) is 4.77. The highest BCUT2D eigenvalue weighted by atomic mass is 79.9. The summed E-state index contributed by atoms with van der Waals surface area (Å²) in [5.74, 6) is -0.781. The van der Waals surface area contributed by atoms with Crippen LogP contribution in [0.25, 0.3) is 0 Å². The van der Waals surface area contributed by atoms with Gasteiger partial charge >= 0.3 is 5.97 Å². The molecule has 2 heterocycles. The van der Waals surface area contributed by atoms with Crippen molar-refractivity contribution < 1.29 is 23.5 Å². The van der Waals surface area contributed by atoms with Crippen molar-refractivity contribution in [2.45, 2.75) is 0 Å². The van der Waals surface area contributed by atoms with Crippen LogP contribution in [0, 0.1) is 0 Å². The minimum atomic E-state index is -1.05. The van der Waals surface area contributed by atoms with E-state index in [4.69, 9.17) is 9.52 Å². The lowest BCUT2D eigenvalue weighted by Crippen LogP contribution is -1.96. The van der Waals surface area contributed by atoms with Gasteiger partial charge in [-0.2, -0.15) is 0 Å². The molecule has 2 aromatic heterocycles. The highest BCUT2D eigenvalue weighted by Gasteiger charge is 2.07. The smallest absolute Gasteiger partial charge is 0.371 e. The van der Waals surface area contributed by atoms with Gasteiger partial charge in [-0.15, -0.1) is 0 Å². The van der Waals surface area contributed by atoms with Gasteiger partial charge in [0.1, 0.15) is 0 Å². The van der Waals surface area contributed by atoms with Gasteiger partial charge in [-0.25, -0.2) is 4.79 Å². The number of carboxylic acid groups (broad SMARTS) is 1. The van der Waals surface area contributed by atoms with Crippen LogP contribution >= 0.6 is 47.8 Å². The van der Waals surface area contributed by atoms with E-state index in [2.05, 4.69) is 52.2 Å². The van der Waals surface area contributed by atoms with Gasteiger partial charge in [-0.1, -0.05) is 15.9 Å². The molecule has 2 aromatic rings. The Morgan fingerprint density at radius 2 is 1.47 bits per heavy atom. The van der Waals surface area contributed by atoms with Crippen LogP contribution in [0.15, 0.2) is 42.4 Å². The third kappa shape index (κ3) is 5.33. The monoisotopic (exact) mass is 456 g/mol. The zero-order chi connectivity index (χ0) is 14.4. The molecule has 0 aromatic carbocycles. The highest BCUT2D eigenvalue weighted by Crippen LogP contribution is 2.15. The van der Waals surface area contributed by atoms with Gasteiger partial charge < -0.3 is 13.9 Å². The molecule has 2 rings (SSSR count). The number of carbonyl (C=O) groups excluding carboxylic acids is 1. The number of Topliss-reactive ketones (excluding diaryl/α,β-unsaturated/α-hetero) is 1. The summed E-state index contributed by atoms with van der Waals surface area (Å²) < 4.78 is 10.6. The summed E-state index contributed by atoms with van der Waals surface area (Å²) in [4.78, 5) is 21.0. The summed E-state index contributed by atoms with van der Waals surface area (Å²) in [6.07, 6.45) is 0. The molecule has 0 saturated heterocycles. The molecule has 0 fully saturated rings. The maximum absolute atomic E-state index is 10.9. The maximum atomic E-state index is 10.9. The van der Waals surface area contributed by atoms with E-state index in [1.54, 1.807) is 12.1 Å². The number of carbonyl (C=O) groups is 2. The molecule has 0 spiro atoms. The van der Waals surface area contributed by atoms with E-state index in [1.165, 1.54) is 12.1 Å². The maximum Gasteiger partial charge on any atom is 0.371 e. The molecule has 0 amide bonds. The lowest BCUT2D eigenvalue weighted by molar-refractivity contribution is 0.0660. The van der Waals surface area contributed by atoms with Crippen molar-refractivity contribution in [2.75, 3.05) is 5.33 Å². The van der Waals surface area contributed by atoms with Crippen molar-refractivity contribution in [3.8, 4) is 0 Å². The molecule has 0 aliphatic rings. The second-order valence-electron chi connectivity index (χ2n) is 3.07. The largest absolute Gasteiger partial charge is 0.475 e. The van der Waals surface area contributed by atoms with E-state index in [-0.39, 0.29) is 11.5 Å². The third-order valence-electron chi connectivity index (χ3n) is 1.75.